The van der Waals surface area contributed by atoms with Crippen molar-refractivity contribution in [2.45, 2.75) is 16.0 Å². The van der Waals surface area contributed by atoms with Gasteiger partial charge in [0, 0.05) is 14.3 Å². The summed E-state index contributed by atoms with van der Waals surface area (Å²) >= 11 is 4.38. The number of hydrogen-bond acceptors (Lipinski definition) is 2. The molecule has 0 atom stereocenters. The maximum Gasteiger partial charge on any atom is 0.416 e. The lowest BCUT2D eigenvalue weighted by atomic mass is 10.1. The van der Waals surface area contributed by atoms with Crippen molar-refractivity contribution in [2.24, 2.45) is 0 Å². The van der Waals surface area contributed by atoms with Crippen LogP contribution in [0.4, 0.5) is 13.2 Å². The van der Waals surface area contributed by atoms with Gasteiger partial charge in [-0.1, -0.05) is 33.8 Å². The van der Waals surface area contributed by atoms with Crippen molar-refractivity contribution in [3.63, 3.8) is 0 Å². The molecule has 0 fully saturated rings. The number of carboxylic acids is 1. The Balaban J connectivity index is 2.42. The Kier molecular flexibility index (Phi) is 4.63. The summed E-state index contributed by atoms with van der Waals surface area (Å²) < 4.78 is 38.7. The average molecular weight is 377 g/mol. The molecule has 0 aliphatic rings. The molecule has 0 saturated carbocycles. The third-order valence-corrected chi connectivity index (χ3v) is 4.12. The van der Waals surface area contributed by atoms with Crippen LogP contribution in [-0.4, -0.2) is 11.1 Å². The standard InChI is InChI=1S/C14H8BrF3O2S/c15-9-2-1-3-10(7-9)21-12-5-4-8(14(16,17)18)6-11(12)13(19)20/h1-7H,(H,19,20). The van der Waals surface area contributed by atoms with Crippen LogP contribution < -0.4 is 0 Å². The molecule has 2 rings (SSSR count). The maximum absolute atomic E-state index is 12.6. The quantitative estimate of drug-likeness (QED) is 0.787. The largest absolute Gasteiger partial charge is 0.478 e. The summed E-state index contributed by atoms with van der Waals surface area (Å²) in [5.41, 5.74) is -1.34. The molecule has 110 valence electrons. The summed E-state index contributed by atoms with van der Waals surface area (Å²) in [4.78, 5) is 12.2. The number of carboxylic acid groups (broad SMARTS) is 1. The van der Waals surface area contributed by atoms with Crippen LogP contribution in [0.2, 0.25) is 0 Å². The van der Waals surface area contributed by atoms with Crippen LogP contribution in [-0.2, 0) is 6.18 Å². The van der Waals surface area contributed by atoms with Gasteiger partial charge in [0.05, 0.1) is 11.1 Å². The normalized spacial score (nSPS) is 11.4. The maximum atomic E-state index is 12.6. The first-order valence-electron chi connectivity index (χ1n) is 5.65. The molecule has 0 bridgehead atoms. The Labute approximate surface area is 131 Å². The molecule has 0 aromatic heterocycles. The van der Waals surface area contributed by atoms with E-state index in [0.717, 1.165) is 27.2 Å². The number of carbonyl (C=O) groups is 1. The van der Waals surface area contributed by atoms with Gasteiger partial charge in [-0.25, -0.2) is 4.79 Å². The second kappa shape index (κ2) is 6.11. The van der Waals surface area contributed by atoms with Crippen molar-refractivity contribution in [2.75, 3.05) is 0 Å². The van der Waals surface area contributed by atoms with E-state index in [0.29, 0.717) is 6.07 Å². The van der Waals surface area contributed by atoms with Gasteiger partial charge in [0.2, 0.25) is 0 Å². The van der Waals surface area contributed by atoms with Crippen molar-refractivity contribution in [1.82, 2.24) is 0 Å². The molecule has 0 unspecified atom stereocenters. The Morgan fingerprint density at radius 1 is 1.14 bits per heavy atom. The van der Waals surface area contributed by atoms with Crippen LogP contribution in [0.25, 0.3) is 0 Å². The van der Waals surface area contributed by atoms with Gasteiger partial charge in [0.15, 0.2) is 0 Å². The summed E-state index contributed by atoms with van der Waals surface area (Å²) in [5.74, 6) is -1.39. The SMILES string of the molecule is O=C(O)c1cc(C(F)(F)F)ccc1Sc1cccc(Br)c1. The molecule has 2 aromatic rings. The summed E-state index contributed by atoms with van der Waals surface area (Å²) in [6.07, 6.45) is -4.57. The van der Waals surface area contributed by atoms with E-state index >= 15 is 0 Å². The van der Waals surface area contributed by atoms with Crippen molar-refractivity contribution < 1.29 is 23.1 Å². The number of halogens is 4. The smallest absolute Gasteiger partial charge is 0.416 e. The minimum absolute atomic E-state index is 0.258. The van der Waals surface area contributed by atoms with Crippen LogP contribution in [0.5, 0.6) is 0 Å². The topological polar surface area (TPSA) is 37.3 Å². The Morgan fingerprint density at radius 2 is 1.86 bits per heavy atom. The fourth-order valence-corrected chi connectivity index (χ4v) is 3.15. The third kappa shape index (κ3) is 4.01. The van der Waals surface area contributed by atoms with Crippen molar-refractivity contribution in [1.29, 1.82) is 0 Å². The minimum Gasteiger partial charge on any atom is -0.478 e. The third-order valence-electron chi connectivity index (χ3n) is 2.56. The zero-order chi connectivity index (χ0) is 15.6. The van der Waals surface area contributed by atoms with E-state index in [2.05, 4.69) is 15.9 Å². The minimum atomic E-state index is -4.57. The zero-order valence-corrected chi connectivity index (χ0v) is 12.7. The Morgan fingerprint density at radius 3 is 2.43 bits per heavy atom. The second-order valence-electron chi connectivity index (χ2n) is 4.07. The first kappa shape index (κ1) is 15.9. The highest BCUT2D eigenvalue weighted by molar-refractivity contribution is 9.10. The number of aromatic carboxylic acids is 1. The van der Waals surface area contributed by atoms with Crippen LogP contribution in [0.3, 0.4) is 0 Å². The predicted molar refractivity (Wildman–Crippen MR) is 76.7 cm³/mol. The molecule has 7 heteroatoms. The molecule has 0 amide bonds. The van der Waals surface area contributed by atoms with E-state index in [-0.39, 0.29) is 10.5 Å². The molecule has 2 nitrogen and oxygen atoms in total. The predicted octanol–water partition coefficient (Wildman–Crippen LogP) is 5.32. The lowest BCUT2D eigenvalue weighted by molar-refractivity contribution is -0.137. The van der Waals surface area contributed by atoms with E-state index in [1.54, 1.807) is 24.3 Å². The number of benzene rings is 2. The fraction of sp³-hybridized carbons (Fsp3) is 0.0714. The monoisotopic (exact) mass is 376 g/mol. The fourth-order valence-electron chi connectivity index (χ4n) is 1.62. The molecule has 1 N–H and O–H groups in total. The van der Waals surface area contributed by atoms with Gasteiger partial charge in [-0.3, -0.25) is 0 Å². The molecular weight excluding hydrogens is 369 g/mol. The molecule has 0 radical (unpaired) electrons. The molecule has 2 aromatic carbocycles. The van der Waals surface area contributed by atoms with E-state index in [9.17, 15) is 18.0 Å². The molecule has 21 heavy (non-hydrogen) atoms. The summed E-state index contributed by atoms with van der Waals surface area (Å²) in [6.45, 7) is 0. The summed E-state index contributed by atoms with van der Waals surface area (Å²) in [6, 6.07) is 9.78. The van der Waals surface area contributed by atoms with Gasteiger partial charge in [-0.15, -0.1) is 0 Å². The molecule has 0 saturated heterocycles. The summed E-state index contributed by atoms with van der Waals surface area (Å²) in [5, 5.41) is 9.10. The van der Waals surface area contributed by atoms with Gasteiger partial charge in [0.25, 0.3) is 0 Å². The van der Waals surface area contributed by atoms with Crippen LogP contribution in [0, 0.1) is 0 Å². The van der Waals surface area contributed by atoms with Gasteiger partial charge in [0.1, 0.15) is 0 Å². The van der Waals surface area contributed by atoms with Crippen molar-refractivity contribution >= 4 is 33.7 Å². The van der Waals surface area contributed by atoms with E-state index in [1.165, 1.54) is 6.07 Å². The average Bonchev–Trinajstić information content (AvgIpc) is 2.37. The molecule has 0 heterocycles. The van der Waals surface area contributed by atoms with Crippen LogP contribution >= 0.6 is 27.7 Å². The Hall–Kier alpha value is -1.47. The first-order chi connectivity index (χ1) is 9.77. The van der Waals surface area contributed by atoms with Gasteiger partial charge in [-0.2, -0.15) is 13.2 Å². The highest BCUT2D eigenvalue weighted by Gasteiger charge is 2.31. The van der Waals surface area contributed by atoms with Gasteiger partial charge in [-0.05, 0) is 36.4 Å². The number of rotatable bonds is 3. The first-order valence-corrected chi connectivity index (χ1v) is 7.26. The molecular formula is C14H8BrF3O2S. The van der Waals surface area contributed by atoms with E-state index < -0.39 is 17.7 Å². The molecule has 0 aliphatic heterocycles. The van der Waals surface area contributed by atoms with Crippen molar-refractivity contribution in [3.05, 3.63) is 58.1 Å². The highest BCUT2D eigenvalue weighted by Crippen LogP contribution is 2.36. The number of hydrogen-bond donors (Lipinski definition) is 1. The second-order valence-corrected chi connectivity index (χ2v) is 6.10. The van der Waals surface area contributed by atoms with Crippen molar-refractivity contribution in [3.8, 4) is 0 Å². The summed E-state index contributed by atoms with van der Waals surface area (Å²) in [7, 11) is 0. The molecule has 0 aliphatic carbocycles. The molecule has 0 spiro atoms. The van der Waals surface area contributed by atoms with Gasteiger partial charge < -0.3 is 5.11 Å². The van der Waals surface area contributed by atoms with Gasteiger partial charge >= 0.3 is 12.1 Å². The Bertz CT molecular complexity index is 686. The van der Waals surface area contributed by atoms with E-state index in [4.69, 9.17) is 5.11 Å². The van der Waals surface area contributed by atoms with Crippen LogP contribution in [0.15, 0.2) is 56.7 Å². The number of alkyl halides is 3. The van der Waals surface area contributed by atoms with E-state index in [1.807, 2.05) is 0 Å². The van der Waals surface area contributed by atoms with Crippen LogP contribution in [0.1, 0.15) is 15.9 Å². The zero-order valence-electron chi connectivity index (χ0n) is 10.3. The highest BCUT2D eigenvalue weighted by atomic mass is 79.9. The lowest BCUT2D eigenvalue weighted by Gasteiger charge is -2.11. The lowest BCUT2D eigenvalue weighted by Crippen LogP contribution is -2.08.